The normalized spacial score (nSPS) is 16.9. The highest BCUT2D eigenvalue weighted by atomic mass is 16.5. The first-order valence-corrected chi connectivity index (χ1v) is 12.0. The van der Waals surface area contributed by atoms with E-state index in [1.165, 1.54) is 0 Å². The van der Waals surface area contributed by atoms with Gasteiger partial charge in [-0.15, -0.1) is 0 Å². The smallest absolute Gasteiger partial charge is 0.269 e. The maximum Gasteiger partial charge on any atom is 0.269 e. The van der Waals surface area contributed by atoms with Crippen molar-refractivity contribution in [1.29, 1.82) is 5.26 Å². The van der Waals surface area contributed by atoms with Gasteiger partial charge in [-0.05, 0) is 43.2 Å². The summed E-state index contributed by atoms with van der Waals surface area (Å²) in [5.41, 5.74) is 1.89. The van der Waals surface area contributed by atoms with Crippen LogP contribution < -0.4 is 10.1 Å². The highest BCUT2D eigenvalue weighted by Crippen LogP contribution is 2.52. The third-order valence-corrected chi connectivity index (χ3v) is 5.94. The Bertz CT molecular complexity index is 1120. The van der Waals surface area contributed by atoms with Crippen molar-refractivity contribution in [3.8, 4) is 28.9 Å². The standard InChI is InChI=1S/C23H21N5O2.2C2H6/c24-15-28-13-21(23(14-28)10-11-23)25-22(29)19-12-18(26-27-19)17-8-4-5-9-20(17)30-16-6-2-1-3-7-16;2*1-2/h1-9,12,21H,10-11,13-14H2,(H,25,29)(H,26,27);2*1-2H3. The third-order valence-electron chi connectivity index (χ3n) is 5.94. The number of para-hydroxylation sites is 2. The lowest BCUT2D eigenvalue weighted by atomic mass is 10.0. The van der Waals surface area contributed by atoms with Gasteiger partial charge in [0.1, 0.15) is 17.2 Å². The molecule has 1 aliphatic heterocycles. The van der Waals surface area contributed by atoms with Crippen LogP contribution in [0.2, 0.25) is 0 Å². The lowest BCUT2D eigenvalue weighted by Crippen LogP contribution is -2.41. The average molecular weight is 460 g/mol. The van der Waals surface area contributed by atoms with E-state index in [-0.39, 0.29) is 17.4 Å². The van der Waals surface area contributed by atoms with Gasteiger partial charge in [-0.3, -0.25) is 9.89 Å². The van der Waals surface area contributed by atoms with Crippen molar-refractivity contribution in [2.24, 2.45) is 5.41 Å². The summed E-state index contributed by atoms with van der Waals surface area (Å²) in [6.45, 7) is 9.30. The highest BCUT2D eigenvalue weighted by Gasteiger charge is 2.55. The molecule has 7 heteroatoms. The Balaban J connectivity index is 0.000000771. The summed E-state index contributed by atoms with van der Waals surface area (Å²) in [5, 5.41) is 19.5. The zero-order valence-corrected chi connectivity index (χ0v) is 20.3. The average Bonchev–Trinajstić information content (AvgIpc) is 3.35. The Morgan fingerprint density at radius 3 is 2.47 bits per heavy atom. The number of carbonyl (C=O) groups excluding carboxylic acids is 1. The number of aromatic nitrogens is 2. The summed E-state index contributed by atoms with van der Waals surface area (Å²) in [6, 6.07) is 18.9. The molecule has 3 aromatic rings. The van der Waals surface area contributed by atoms with Crippen molar-refractivity contribution in [3.05, 3.63) is 66.4 Å². The number of hydrogen-bond acceptors (Lipinski definition) is 5. The minimum absolute atomic E-state index is 0.00917. The number of nitrogens with one attached hydrogen (secondary N) is 2. The van der Waals surface area contributed by atoms with Crippen LogP contribution in [0.15, 0.2) is 60.7 Å². The van der Waals surface area contributed by atoms with Crippen LogP contribution in [-0.2, 0) is 0 Å². The van der Waals surface area contributed by atoms with E-state index in [4.69, 9.17) is 4.74 Å². The van der Waals surface area contributed by atoms with E-state index in [2.05, 4.69) is 21.7 Å². The molecule has 2 heterocycles. The first-order valence-electron chi connectivity index (χ1n) is 12.0. The number of nitrogens with zero attached hydrogens (tertiary/aromatic N) is 3. The minimum atomic E-state index is -0.203. The summed E-state index contributed by atoms with van der Waals surface area (Å²) in [4.78, 5) is 14.5. The first kappa shape index (κ1) is 24.8. The molecule has 1 saturated carbocycles. The van der Waals surface area contributed by atoms with Gasteiger partial charge in [-0.25, -0.2) is 0 Å². The maximum atomic E-state index is 12.8. The molecule has 1 aliphatic carbocycles. The Morgan fingerprint density at radius 2 is 1.79 bits per heavy atom. The second-order valence-corrected chi connectivity index (χ2v) is 7.95. The van der Waals surface area contributed by atoms with Crippen molar-refractivity contribution < 1.29 is 9.53 Å². The second kappa shape index (κ2) is 11.4. The number of hydrogen-bond donors (Lipinski definition) is 2. The van der Waals surface area contributed by atoms with E-state index in [1.54, 1.807) is 11.0 Å². The number of benzene rings is 2. The summed E-state index contributed by atoms with van der Waals surface area (Å²) < 4.78 is 6.01. The molecule has 2 aliphatic rings. The van der Waals surface area contributed by atoms with Crippen molar-refractivity contribution in [1.82, 2.24) is 20.4 Å². The molecule has 7 nitrogen and oxygen atoms in total. The highest BCUT2D eigenvalue weighted by molar-refractivity contribution is 5.94. The molecule has 1 atom stereocenters. The van der Waals surface area contributed by atoms with Crippen LogP contribution >= 0.6 is 0 Å². The summed E-state index contributed by atoms with van der Waals surface area (Å²) in [6.07, 6.45) is 4.30. The van der Waals surface area contributed by atoms with E-state index in [0.717, 1.165) is 30.7 Å². The van der Waals surface area contributed by atoms with Gasteiger partial charge >= 0.3 is 0 Å². The molecule has 2 aromatic carbocycles. The molecule has 2 N–H and O–H groups in total. The second-order valence-electron chi connectivity index (χ2n) is 7.95. The first-order chi connectivity index (χ1) is 16.7. The Kier molecular flexibility index (Phi) is 8.31. The van der Waals surface area contributed by atoms with E-state index in [0.29, 0.717) is 23.7 Å². The molecular formula is C27H33N5O2. The fraction of sp³-hybridized carbons (Fsp3) is 0.370. The van der Waals surface area contributed by atoms with Crippen LogP contribution in [-0.4, -0.2) is 40.1 Å². The number of ether oxygens (including phenoxy) is 1. The fourth-order valence-corrected chi connectivity index (χ4v) is 4.11. The molecule has 1 saturated heterocycles. The van der Waals surface area contributed by atoms with Crippen LogP contribution in [0.4, 0.5) is 0 Å². The molecule has 1 aromatic heterocycles. The predicted molar refractivity (Wildman–Crippen MR) is 133 cm³/mol. The van der Waals surface area contributed by atoms with E-state index in [9.17, 15) is 10.1 Å². The number of amides is 1. The number of nitriles is 1. The monoisotopic (exact) mass is 459 g/mol. The molecule has 1 unspecified atom stereocenters. The fourth-order valence-electron chi connectivity index (χ4n) is 4.11. The maximum absolute atomic E-state index is 12.8. The van der Waals surface area contributed by atoms with Crippen LogP contribution in [0.25, 0.3) is 11.3 Å². The predicted octanol–water partition coefficient (Wildman–Crippen LogP) is 5.60. The SMILES string of the molecule is CC.CC.N#CN1CC(NC(=O)c2cc(-c3ccccc3Oc3ccccc3)n[nH]2)C2(CC2)C1. The van der Waals surface area contributed by atoms with E-state index < -0.39 is 0 Å². The van der Waals surface area contributed by atoms with Gasteiger partial charge in [-0.2, -0.15) is 10.4 Å². The molecule has 5 rings (SSSR count). The van der Waals surface area contributed by atoms with Crippen LogP contribution in [0.1, 0.15) is 51.0 Å². The van der Waals surface area contributed by atoms with Gasteiger partial charge in [0.05, 0.1) is 11.7 Å². The van der Waals surface area contributed by atoms with E-state index >= 15 is 0 Å². The third kappa shape index (κ3) is 5.40. The van der Waals surface area contributed by atoms with Gasteiger partial charge < -0.3 is 15.0 Å². The number of carbonyl (C=O) groups is 1. The van der Waals surface area contributed by atoms with Gasteiger partial charge in [0.2, 0.25) is 0 Å². The zero-order chi connectivity index (χ0) is 24.6. The molecule has 0 radical (unpaired) electrons. The molecule has 2 fully saturated rings. The van der Waals surface area contributed by atoms with E-state index in [1.807, 2.05) is 82.3 Å². The molecule has 1 spiro atoms. The minimum Gasteiger partial charge on any atom is -0.457 e. The lowest BCUT2D eigenvalue weighted by molar-refractivity contribution is 0.0922. The summed E-state index contributed by atoms with van der Waals surface area (Å²) in [7, 11) is 0. The number of rotatable bonds is 5. The van der Waals surface area contributed by atoms with Crippen LogP contribution in [0, 0.1) is 16.9 Å². The van der Waals surface area contributed by atoms with Crippen molar-refractivity contribution in [3.63, 3.8) is 0 Å². The van der Waals surface area contributed by atoms with Crippen molar-refractivity contribution >= 4 is 5.91 Å². The van der Waals surface area contributed by atoms with Gasteiger partial charge in [-0.1, -0.05) is 58.0 Å². The number of H-pyrrole nitrogens is 1. The molecule has 1 amide bonds. The zero-order valence-electron chi connectivity index (χ0n) is 20.3. The van der Waals surface area contributed by atoms with Gasteiger partial charge in [0.25, 0.3) is 5.91 Å². The van der Waals surface area contributed by atoms with Gasteiger partial charge in [0, 0.05) is 24.1 Å². The van der Waals surface area contributed by atoms with Crippen molar-refractivity contribution in [2.75, 3.05) is 13.1 Å². The van der Waals surface area contributed by atoms with Gasteiger partial charge in [0.15, 0.2) is 6.19 Å². The van der Waals surface area contributed by atoms with Crippen LogP contribution in [0.3, 0.4) is 0 Å². The molecule has 0 bridgehead atoms. The Hall–Kier alpha value is -3.79. The number of aromatic amines is 1. The quantitative estimate of drug-likeness (QED) is 0.485. The Morgan fingerprint density at radius 1 is 1.12 bits per heavy atom. The van der Waals surface area contributed by atoms with Crippen molar-refractivity contribution in [2.45, 2.75) is 46.6 Å². The van der Waals surface area contributed by atoms with Crippen LogP contribution in [0.5, 0.6) is 11.5 Å². The summed E-state index contributed by atoms with van der Waals surface area (Å²) >= 11 is 0. The summed E-state index contributed by atoms with van der Waals surface area (Å²) in [5.74, 6) is 1.20. The largest absolute Gasteiger partial charge is 0.457 e. The molecular weight excluding hydrogens is 426 g/mol. The molecule has 178 valence electrons. The Labute approximate surface area is 201 Å². The molecule has 34 heavy (non-hydrogen) atoms. The lowest BCUT2D eigenvalue weighted by Gasteiger charge is -2.17. The topological polar surface area (TPSA) is 94.0 Å². The number of likely N-dealkylation sites (tertiary alicyclic amines) is 1.